The molecule has 20 heavy (non-hydrogen) atoms. The molecule has 0 saturated heterocycles. The Labute approximate surface area is 126 Å². The number of allylic oxidation sites excluding steroid dienone is 2. The number of primary sulfonamides is 1. The van der Waals surface area contributed by atoms with Crippen molar-refractivity contribution < 1.29 is 13.2 Å². The summed E-state index contributed by atoms with van der Waals surface area (Å²) in [7, 11) is -3.90. The summed E-state index contributed by atoms with van der Waals surface area (Å²) < 4.78 is 22.5. The zero-order valence-corrected chi connectivity index (χ0v) is 12.6. The number of hydrogen-bond donors (Lipinski definition) is 2. The van der Waals surface area contributed by atoms with E-state index in [1.807, 2.05) is 12.2 Å². The van der Waals surface area contributed by atoms with Crippen molar-refractivity contribution in [3.05, 3.63) is 34.3 Å². The van der Waals surface area contributed by atoms with Gasteiger partial charge in [-0.2, -0.15) is 0 Å². The Bertz CT molecular complexity index is 655. The van der Waals surface area contributed by atoms with E-state index in [1.165, 1.54) is 0 Å². The van der Waals surface area contributed by atoms with E-state index in [9.17, 15) is 13.2 Å². The van der Waals surface area contributed by atoms with E-state index in [0.29, 0.717) is 12.8 Å². The van der Waals surface area contributed by atoms with E-state index in [4.69, 9.17) is 28.3 Å². The second-order valence-corrected chi connectivity index (χ2v) is 6.81. The third kappa shape index (κ3) is 3.32. The number of hydrogen-bond acceptors (Lipinski definition) is 3. The minimum Gasteiger partial charge on any atom is -0.323 e. The van der Waals surface area contributed by atoms with Crippen LogP contribution in [-0.2, 0) is 14.8 Å². The first kappa shape index (κ1) is 15.3. The lowest BCUT2D eigenvalue weighted by atomic mass is 10.1. The Hall–Kier alpha value is -1.08. The molecule has 8 heteroatoms. The van der Waals surface area contributed by atoms with Crippen LogP contribution in [0.3, 0.4) is 0 Å². The largest absolute Gasteiger partial charge is 0.323 e. The Kier molecular flexibility index (Phi) is 4.39. The summed E-state index contributed by atoms with van der Waals surface area (Å²) in [6.45, 7) is 0. The molecule has 2 rings (SSSR count). The highest BCUT2D eigenvalue weighted by molar-refractivity contribution is 7.89. The van der Waals surface area contributed by atoms with Gasteiger partial charge in [0.25, 0.3) is 0 Å². The number of nitrogens with two attached hydrogens (primary N) is 1. The lowest BCUT2D eigenvalue weighted by Gasteiger charge is -2.14. The second kappa shape index (κ2) is 5.73. The molecule has 0 aromatic heterocycles. The highest BCUT2D eigenvalue weighted by atomic mass is 35.5. The van der Waals surface area contributed by atoms with Crippen LogP contribution in [0.25, 0.3) is 0 Å². The molecular formula is C12H12Cl2N2O3S. The number of rotatable bonds is 3. The molecule has 0 saturated carbocycles. The number of carbonyl (C=O) groups excluding carboxylic acids is 1. The molecule has 0 bridgehead atoms. The molecule has 0 aliphatic heterocycles. The van der Waals surface area contributed by atoms with Gasteiger partial charge in [0.15, 0.2) is 0 Å². The molecule has 1 aromatic carbocycles. The Morgan fingerprint density at radius 1 is 1.20 bits per heavy atom. The maximum atomic E-state index is 12.0. The Morgan fingerprint density at radius 3 is 2.15 bits per heavy atom. The van der Waals surface area contributed by atoms with Crippen molar-refractivity contribution in [3.63, 3.8) is 0 Å². The maximum Gasteiger partial charge on any atom is 0.238 e. The fraction of sp³-hybridized carbons (Fsp3) is 0.250. The summed E-state index contributed by atoms with van der Waals surface area (Å²) in [6.07, 6.45) is 5.18. The number of nitrogens with one attached hydrogen (secondary N) is 1. The molecule has 1 aromatic rings. The minimum atomic E-state index is -3.90. The van der Waals surface area contributed by atoms with Crippen LogP contribution in [0.4, 0.5) is 5.69 Å². The molecule has 0 radical (unpaired) electrons. The standard InChI is InChI=1S/C12H12Cl2N2O3S/c13-9-5-8(20(15,18)19)6-10(14)11(9)16-12(17)7-3-1-2-4-7/h1-2,5-7H,3-4H2,(H,16,17)(H2,15,18,19). The van der Waals surface area contributed by atoms with Crippen LogP contribution in [0, 0.1) is 5.92 Å². The normalized spacial score (nSPS) is 15.6. The number of anilines is 1. The molecule has 1 amide bonds. The SMILES string of the molecule is NS(=O)(=O)c1cc(Cl)c(NC(=O)C2CC=CC2)c(Cl)c1. The quantitative estimate of drug-likeness (QED) is 0.832. The van der Waals surface area contributed by atoms with Crippen LogP contribution in [-0.4, -0.2) is 14.3 Å². The van der Waals surface area contributed by atoms with Crippen molar-refractivity contribution in [1.29, 1.82) is 0 Å². The topological polar surface area (TPSA) is 89.3 Å². The van der Waals surface area contributed by atoms with Gasteiger partial charge in [-0.15, -0.1) is 0 Å². The molecular weight excluding hydrogens is 323 g/mol. The van der Waals surface area contributed by atoms with Gasteiger partial charge in [0.2, 0.25) is 15.9 Å². The van der Waals surface area contributed by atoms with Crippen molar-refractivity contribution in [1.82, 2.24) is 0 Å². The zero-order valence-electron chi connectivity index (χ0n) is 10.3. The molecule has 0 spiro atoms. The van der Waals surface area contributed by atoms with Crippen LogP contribution in [0.2, 0.25) is 10.0 Å². The third-order valence-electron chi connectivity index (χ3n) is 2.97. The van der Waals surface area contributed by atoms with Crippen LogP contribution in [0.15, 0.2) is 29.2 Å². The third-order valence-corrected chi connectivity index (χ3v) is 4.46. The van der Waals surface area contributed by atoms with Gasteiger partial charge in [-0.25, -0.2) is 13.6 Å². The number of sulfonamides is 1. The fourth-order valence-corrected chi connectivity index (χ4v) is 3.17. The van der Waals surface area contributed by atoms with Crippen LogP contribution in [0.1, 0.15) is 12.8 Å². The van der Waals surface area contributed by atoms with Gasteiger partial charge >= 0.3 is 0 Å². The van der Waals surface area contributed by atoms with Crippen molar-refractivity contribution in [2.24, 2.45) is 11.1 Å². The predicted octanol–water partition coefficient (Wildman–Crippen LogP) is 2.55. The number of carbonyl (C=O) groups is 1. The fourth-order valence-electron chi connectivity index (χ4n) is 1.89. The first-order valence-electron chi connectivity index (χ1n) is 5.76. The van der Waals surface area contributed by atoms with Gasteiger partial charge < -0.3 is 5.32 Å². The molecule has 0 unspecified atom stereocenters. The summed E-state index contributed by atoms with van der Waals surface area (Å²) in [6, 6.07) is 2.32. The van der Waals surface area contributed by atoms with E-state index in [2.05, 4.69) is 5.32 Å². The molecule has 1 aliphatic carbocycles. The van der Waals surface area contributed by atoms with Crippen LogP contribution in [0.5, 0.6) is 0 Å². The van der Waals surface area contributed by atoms with E-state index in [-0.39, 0.29) is 32.5 Å². The number of benzene rings is 1. The average molecular weight is 335 g/mol. The van der Waals surface area contributed by atoms with Crippen LogP contribution >= 0.6 is 23.2 Å². The van der Waals surface area contributed by atoms with E-state index in [1.54, 1.807) is 0 Å². The molecule has 1 aliphatic rings. The Balaban J connectivity index is 2.27. The minimum absolute atomic E-state index is 0.0285. The molecule has 108 valence electrons. The highest BCUT2D eigenvalue weighted by Crippen LogP contribution is 2.34. The second-order valence-electron chi connectivity index (χ2n) is 4.44. The molecule has 0 fully saturated rings. The van der Waals surface area contributed by atoms with Gasteiger partial charge in [-0.3, -0.25) is 4.79 Å². The summed E-state index contributed by atoms with van der Waals surface area (Å²) in [5.74, 6) is -0.359. The van der Waals surface area contributed by atoms with Crippen molar-refractivity contribution in [3.8, 4) is 0 Å². The monoisotopic (exact) mass is 334 g/mol. The average Bonchev–Trinajstić information content (AvgIpc) is 2.85. The smallest absolute Gasteiger partial charge is 0.238 e. The molecule has 3 N–H and O–H groups in total. The highest BCUT2D eigenvalue weighted by Gasteiger charge is 2.22. The summed E-state index contributed by atoms with van der Waals surface area (Å²) in [5.41, 5.74) is 0.192. The van der Waals surface area contributed by atoms with Gasteiger partial charge in [0.1, 0.15) is 0 Å². The van der Waals surface area contributed by atoms with Crippen molar-refractivity contribution >= 4 is 44.8 Å². The first-order valence-corrected chi connectivity index (χ1v) is 8.07. The lowest BCUT2D eigenvalue weighted by molar-refractivity contribution is -0.119. The molecule has 0 atom stereocenters. The van der Waals surface area contributed by atoms with Gasteiger partial charge in [0, 0.05) is 5.92 Å². The summed E-state index contributed by atoms with van der Waals surface area (Å²) in [5, 5.41) is 7.68. The summed E-state index contributed by atoms with van der Waals surface area (Å²) in [4.78, 5) is 11.8. The summed E-state index contributed by atoms with van der Waals surface area (Å²) >= 11 is 11.9. The molecule has 5 nitrogen and oxygen atoms in total. The van der Waals surface area contributed by atoms with E-state index < -0.39 is 10.0 Å². The Morgan fingerprint density at radius 2 is 1.70 bits per heavy atom. The maximum absolute atomic E-state index is 12.0. The van der Waals surface area contributed by atoms with Crippen molar-refractivity contribution in [2.75, 3.05) is 5.32 Å². The van der Waals surface area contributed by atoms with E-state index in [0.717, 1.165) is 12.1 Å². The number of amides is 1. The molecule has 0 heterocycles. The lowest BCUT2D eigenvalue weighted by Crippen LogP contribution is -2.21. The predicted molar refractivity (Wildman–Crippen MR) is 78.3 cm³/mol. The van der Waals surface area contributed by atoms with Gasteiger partial charge in [0.05, 0.1) is 20.6 Å². The van der Waals surface area contributed by atoms with Crippen molar-refractivity contribution in [2.45, 2.75) is 17.7 Å². The van der Waals surface area contributed by atoms with E-state index >= 15 is 0 Å². The number of halogens is 2. The zero-order chi connectivity index (χ0) is 14.9. The van der Waals surface area contributed by atoms with Crippen LogP contribution < -0.4 is 10.5 Å². The van der Waals surface area contributed by atoms with Gasteiger partial charge in [-0.05, 0) is 25.0 Å². The first-order chi connectivity index (χ1) is 9.29. The van der Waals surface area contributed by atoms with Gasteiger partial charge in [-0.1, -0.05) is 35.4 Å².